The van der Waals surface area contributed by atoms with Crippen LogP contribution in [-0.2, 0) is 4.79 Å². The van der Waals surface area contributed by atoms with Gasteiger partial charge < -0.3 is 10.4 Å². The summed E-state index contributed by atoms with van der Waals surface area (Å²) in [6.07, 6.45) is 2.87. The van der Waals surface area contributed by atoms with Crippen molar-refractivity contribution in [1.29, 1.82) is 0 Å². The lowest BCUT2D eigenvalue weighted by molar-refractivity contribution is -0.137. The lowest BCUT2D eigenvalue weighted by Crippen LogP contribution is -2.36. The molecule has 0 fully saturated rings. The minimum atomic E-state index is -0.916. The standard InChI is InChI=1S/C17H21N3O3/c1-3-7-13(10-16(21)22)19-17(23)15-11-18-20(12(15)2)14-8-5-4-6-9-14/h4-6,8-9,11,13H,3,7,10H2,1-2H3,(H,19,23)(H,21,22)/t13-/m0/s1. The third kappa shape index (κ3) is 4.18. The molecule has 0 aliphatic rings. The second kappa shape index (κ2) is 7.58. The van der Waals surface area contributed by atoms with Gasteiger partial charge in [0.05, 0.1) is 29.6 Å². The van der Waals surface area contributed by atoms with E-state index in [0.717, 1.165) is 17.8 Å². The first-order valence-electron chi connectivity index (χ1n) is 7.65. The summed E-state index contributed by atoms with van der Waals surface area (Å²) in [6, 6.07) is 9.17. The van der Waals surface area contributed by atoms with Crippen molar-refractivity contribution in [3.63, 3.8) is 0 Å². The molecule has 0 spiro atoms. The minimum Gasteiger partial charge on any atom is -0.481 e. The van der Waals surface area contributed by atoms with Crippen molar-refractivity contribution in [2.75, 3.05) is 0 Å². The molecule has 2 N–H and O–H groups in total. The van der Waals surface area contributed by atoms with Gasteiger partial charge in [0.2, 0.25) is 0 Å². The number of rotatable bonds is 7. The Bertz CT molecular complexity index is 680. The molecule has 1 heterocycles. The van der Waals surface area contributed by atoms with Gasteiger partial charge in [-0.2, -0.15) is 5.10 Å². The van der Waals surface area contributed by atoms with Crippen LogP contribution >= 0.6 is 0 Å². The predicted molar refractivity (Wildman–Crippen MR) is 86.7 cm³/mol. The molecular weight excluding hydrogens is 294 g/mol. The van der Waals surface area contributed by atoms with Crippen molar-refractivity contribution >= 4 is 11.9 Å². The Morgan fingerprint density at radius 1 is 1.30 bits per heavy atom. The number of aliphatic carboxylic acids is 1. The highest BCUT2D eigenvalue weighted by Crippen LogP contribution is 2.14. The number of nitrogens with zero attached hydrogens (tertiary/aromatic N) is 2. The van der Waals surface area contributed by atoms with Gasteiger partial charge in [-0.15, -0.1) is 0 Å². The van der Waals surface area contributed by atoms with E-state index in [0.29, 0.717) is 12.0 Å². The number of para-hydroxylation sites is 1. The van der Waals surface area contributed by atoms with Crippen molar-refractivity contribution in [1.82, 2.24) is 15.1 Å². The number of hydrogen-bond donors (Lipinski definition) is 2. The van der Waals surface area contributed by atoms with Crippen LogP contribution in [0.2, 0.25) is 0 Å². The van der Waals surface area contributed by atoms with Gasteiger partial charge in [-0.05, 0) is 25.5 Å². The van der Waals surface area contributed by atoms with Crippen molar-refractivity contribution in [2.45, 2.75) is 39.2 Å². The fourth-order valence-electron chi connectivity index (χ4n) is 2.51. The number of carbonyl (C=O) groups is 2. The van der Waals surface area contributed by atoms with E-state index in [2.05, 4.69) is 10.4 Å². The normalized spacial score (nSPS) is 11.9. The highest BCUT2D eigenvalue weighted by molar-refractivity contribution is 5.95. The molecule has 0 aliphatic heterocycles. The summed E-state index contributed by atoms with van der Waals surface area (Å²) >= 11 is 0. The van der Waals surface area contributed by atoms with Gasteiger partial charge in [-0.3, -0.25) is 9.59 Å². The molecule has 2 rings (SSSR count). The first kappa shape index (κ1) is 16.7. The third-order valence-corrected chi connectivity index (χ3v) is 3.65. The maximum absolute atomic E-state index is 12.4. The number of carboxylic acid groups (broad SMARTS) is 1. The van der Waals surface area contributed by atoms with Gasteiger partial charge in [0.1, 0.15) is 0 Å². The minimum absolute atomic E-state index is 0.0779. The fraction of sp³-hybridized carbons (Fsp3) is 0.353. The Morgan fingerprint density at radius 2 is 2.00 bits per heavy atom. The number of nitrogens with one attached hydrogen (secondary N) is 1. The van der Waals surface area contributed by atoms with Gasteiger partial charge >= 0.3 is 5.97 Å². The van der Waals surface area contributed by atoms with E-state index in [1.54, 1.807) is 4.68 Å². The summed E-state index contributed by atoms with van der Waals surface area (Å²) in [5.74, 6) is -1.20. The molecule has 2 aromatic rings. The smallest absolute Gasteiger partial charge is 0.305 e. The lowest BCUT2D eigenvalue weighted by Gasteiger charge is -2.16. The van der Waals surface area contributed by atoms with Crippen LogP contribution in [0.1, 0.15) is 42.2 Å². The Kier molecular flexibility index (Phi) is 5.51. The van der Waals surface area contributed by atoms with Crippen molar-refractivity contribution in [3.8, 4) is 5.69 Å². The van der Waals surface area contributed by atoms with Crippen LogP contribution < -0.4 is 5.32 Å². The summed E-state index contributed by atoms with van der Waals surface area (Å²) in [5.41, 5.74) is 2.05. The molecular formula is C17H21N3O3. The van der Waals surface area contributed by atoms with Crippen LogP contribution in [0.3, 0.4) is 0 Å². The molecule has 0 unspecified atom stereocenters. The lowest BCUT2D eigenvalue weighted by atomic mass is 10.1. The maximum atomic E-state index is 12.4. The van der Waals surface area contributed by atoms with Crippen LogP contribution in [0.4, 0.5) is 0 Å². The summed E-state index contributed by atoms with van der Waals surface area (Å²) in [6.45, 7) is 3.78. The second-order valence-electron chi connectivity index (χ2n) is 5.45. The number of carbonyl (C=O) groups excluding carboxylic acids is 1. The molecule has 1 aromatic carbocycles. The Hall–Kier alpha value is -2.63. The topological polar surface area (TPSA) is 84.2 Å². The zero-order valence-electron chi connectivity index (χ0n) is 13.3. The molecule has 0 saturated heterocycles. The van der Waals surface area contributed by atoms with Gasteiger partial charge in [0.15, 0.2) is 0 Å². The van der Waals surface area contributed by atoms with E-state index in [-0.39, 0.29) is 18.4 Å². The van der Waals surface area contributed by atoms with Crippen LogP contribution in [0.5, 0.6) is 0 Å². The predicted octanol–water partition coefficient (Wildman–Crippen LogP) is 2.55. The molecule has 23 heavy (non-hydrogen) atoms. The molecule has 0 saturated carbocycles. The highest BCUT2D eigenvalue weighted by Gasteiger charge is 2.20. The molecule has 0 radical (unpaired) electrons. The average molecular weight is 315 g/mol. The van der Waals surface area contributed by atoms with Gasteiger partial charge in [0, 0.05) is 6.04 Å². The molecule has 0 aliphatic carbocycles. The van der Waals surface area contributed by atoms with Crippen molar-refractivity contribution in [2.24, 2.45) is 0 Å². The molecule has 1 amide bonds. The maximum Gasteiger partial charge on any atom is 0.305 e. The zero-order chi connectivity index (χ0) is 16.8. The van der Waals surface area contributed by atoms with E-state index in [4.69, 9.17) is 5.11 Å². The molecule has 0 bridgehead atoms. The van der Waals surface area contributed by atoms with E-state index >= 15 is 0 Å². The summed E-state index contributed by atoms with van der Waals surface area (Å²) in [4.78, 5) is 23.3. The second-order valence-corrected chi connectivity index (χ2v) is 5.45. The Labute approximate surface area is 135 Å². The molecule has 122 valence electrons. The number of hydrogen-bond acceptors (Lipinski definition) is 3. The molecule has 1 aromatic heterocycles. The Morgan fingerprint density at radius 3 is 2.61 bits per heavy atom. The summed E-state index contributed by atoms with van der Waals surface area (Å²) < 4.78 is 1.70. The van der Waals surface area contributed by atoms with E-state index in [9.17, 15) is 9.59 Å². The van der Waals surface area contributed by atoms with Crippen LogP contribution in [0.25, 0.3) is 5.69 Å². The first-order chi connectivity index (χ1) is 11.0. The Balaban J connectivity index is 2.17. The van der Waals surface area contributed by atoms with Gasteiger partial charge in [0.25, 0.3) is 5.91 Å². The fourth-order valence-corrected chi connectivity index (χ4v) is 2.51. The van der Waals surface area contributed by atoms with Crippen LogP contribution in [0.15, 0.2) is 36.5 Å². The summed E-state index contributed by atoms with van der Waals surface area (Å²) in [7, 11) is 0. The number of aromatic nitrogens is 2. The van der Waals surface area contributed by atoms with E-state index in [1.807, 2.05) is 44.2 Å². The first-order valence-corrected chi connectivity index (χ1v) is 7.65. The number of benzene rings is 1. The van der Waals surface area contributed by atoms with E-state index in [1.165, 1.54) is 6.20 Å². The van der Waals surface area contributed by atoms with Gasteiger partial charge in [-0.25, -0.2) is 4.68 Å². The van der Waals surface area contributed by atoms with Gasteiger partial charge in [-0.1, -0.05) is 31.5 Å². The van der Waals surface area contributed by atoms with Crippen LogP contribution in [-0.4, -0.2) is 32.8 Å². The largest absolute Gasteiger partial charge is 0.481 e. The highest BCUT2D eigenvalue weighted by atomic mass is 16.4. The number of carboxylic acids is 1. The van der Waals surface area contributed by atoms with Crippen molar-refractivity contribution < 1.29 is 14.7 Å². The molecule has 6 nitrogen and oxygen atoms in total. The quantitative estimate of drug-likeness (QED) is 0.822. The number of amides is 1. The third-order valence-electron chi connectivity index (χ3n) is 3.65. The molecule has 6 heteroatoms. The van der Waals surface area contributed by atoms with E-state index < -0.39 is 5.97 Å². The monoisotopic (exact) mass is 315 g/mol. The summed E-state index contributed by atoms with van der Waals surface area (Å²) in [5, 5.41) is 16.0. The average Bonchev–Trinajstić information content (AvgIpc) is 2.89. The zero-order valence-corrected chi connectivity index (χ0v) is 13.3. The molecule has 1 atom stereocenters. The van der Waals surface area contributed by atoms with Crippen molar-refractivity contribution in [3.05, 3.63) is 47.8 Å². The van der Waals surface area contributed by atoms with Crippen LogP contribution in [0, 0.1) is 6.92 Å². The SMILES string of the molecule is CCC[C@@H](CC(=O)O)NC(=O)c1cnn(-c2ccccc2)c1C.